The van der Waals surface area contributed by atoms with Crippen LogP contribution in [0.4, 0.5) is 0 Å². The number of thiol groups is 1. The van der Waals surface area contributed by atoms with Crippen LogP contribution in [0.15, 0.2) is 0 Å². The third kappa shape index (κ3) is 0.629. The minimum Gasteiger partial charge on any atom is -0.370 e. The molecule has 2 N–H and O–H groups in total. The van der Waals surface area contributed by atoms with Gasteiger partial charge in [0.25, 0.3) is 0 Å². The van der Waals surface area contributed by atoms with Crippen LogP contribution in [0, 0.1) is 0 Å². The topological polar surface area (TPSA) is 44.5 Å². The summed E-state index contributed by atoms with van der Waals surface area (Å²) in [5.41, 5.74) is 5.82. The Hall–Kier alpha value is 0.230. The van der Waals surface area contributed by atoms with Crippen molar-refractivity contribution in [1.29, 1.82) is 0 Å². The molecule has 4 atom stereocenters. The minimum absolute atomic E-state index is 0.0428. The highest BCUT2D eigenvalue weighted by Gasteiger charge is 2.75. The first-order valence-electron chi connectivity index (χ1n) is 4.42. The maximum absolute atomic E-state index is 6.11. The molecule has 2 saturated heterocycles. The SMILES string of the molecule is NC1C23C[C@@H]2O[C@@]1(CS)CCO3. The van der Waals surface area contributed by atoms with Crippen LogP contribution >= 0.6 is 12.6 Å². The van der Waals surface area contributed by atoms with Crippen LogP contribution in [0.3, 0.4) is 0 Å². The first-order valence-corrected chi connectivity index (χ1v) is 5.05. The largest absolute Gasteiger partial charge is 0.370 e. The van der Waals surface area contributed by atoms with E-state index in [1.807, 2.05) is 0 Å². The van der Waals surface area contributed by atoms with E-state index in [1.165, 1.54) is 0 Å². The Bertz CT molecular complexity index is 237. The molecule has 3 rings (SSSR count). The molecule has 2 heterocycles. The molecule has 0 aromatic carbocycles. The standard InChI is InChI=1S/C8H13NO2S/c9-6-7(4-12)1-2-10-8(6)3-5(8)11-7/h5-6,12H,1-4,9H2/t5-,6?,7+,8?/m0/s1. The van der Waals surface area contributed by atoms with E-state index in [-0.39, 0.29) is 23.3 Å². The van der Waals surface area contributed by atoms with Crippen LogP contribution in [0.1, 0.15) is 12.8 Å². The molecule has 0 aromatic rings. The van der Waals surface area contributed by atoms with Gasteiger partial charge in [0.2, 0.25) is 0 Å². The van der Waals surface area contributed by atoms with Crippen LogP contribution in [-0.2, 0) is 9.47 Å². The summed E-state index contributed by atoms with van der Waals surface area (Å²) in [6.07, 6.45) is 2.15. The van der Waals surface area contributed by atoms with E-state index in [0.29, 0.717) is 0 Å². The maximum Gasteiger partial charge on any atom is 0.115 e. The second-order valence-corrected chi connectivity index (χ2v) is 4.38. The molecule has 4 heteroatoms. The molecule has 0 aromatic heterocycles. The summed E-state index contributed by atoms with van der Waals surface area (Å²) in [7, 11) is 0. The highest BCUT2D eigenvalue weighted by molar-refractivity contribution is 7.80. The van der Waals surface area contributed by atoms with E-state index in [2.05, 4.69) is 12.6 Å². The Morgan fingerprint density at radius 2 is 2.42 bits per heavy atom. The van der Waals surface area contributed by atoms with E-state index in [4.69, 9.17) is 15.2 Å². The van der Waals surface area contributed by atoms with Gasteiger partial charge in [-0.3, -0.25) is 0 Å². The summed E-state index contributed by atoms with van der Waals surface area (Å²) in [6.45, 7) is 0.782. The molecule has 2 bridgehead atoms. The van der Waals surface area contributed by atoms with Gasteiger partial charge in [0.15, 0.2) is 0 Å². The van der Waals surface area contributed by atoms with Crippen LogP contribution in [0.25, 0.3) is 0 Å². The van der Waals surface area contributed by atoms with E-state index in [9.17, 15) is 0 Å². The maximum atomic E-state index is 6.11. The highest BCUT2D eigenvalue weighted by atomic mass is 32.1. The van der Waals surface area contributed by atoms with Gasteiger partial charge in [-0.05, 0) is 0 Å². The predicted molar refractivity (Wildman–Crippen MR) is 47.3 cm³/mol. The molecule has 2 unspecified atom stereocenters. The summed E-state index contributed by atoms with van der Waals surface area (Å²) in [5.74, 6) is 0.718. The number of nitrogens with two attached hydrogens (primary N) is 1. The van der Waals surface area contributed by atoms with Crippen molar-refractivity contribution < 1.29 is 9.47 Å². The lowest BCUT2D eigenvalue weighted by Gasteiger charge is -2.39. The van der Waals surface area contributed by atoms with Gasteiger partial charge in [-0.1, -0.05) is 0 Å². The van der Waals surface area contributed by atoms with Crippen molar-refractivity contribution >= 4 is 12.6 Å². The fraction of sp³-hybridized carbons (Fsp3) is 1.00. The molecule has 1 spiro atoms. The molecule has 0 amide bonds. The number of hydrogen-bond acceptors (Lipinski definition) is 4. The van der Waals surface area contributed by atoms with Gasteiger partial charge in [0, 0.05) is 18.6 Å². The molecule has 68 valence electrons. The zero-order chi connectivity index (χ0) is 8.40. The van der Waals surface area contributed by atoms with Gasteiger partial charge in [0.05, 0.1) is 24.4 Å². The zero-order valence-electron chi connectivity index (χ0n) is 6.82. The van der Waals surface area contributed by atoms with E-state index in [0.717, 1.165) is 25.2 Å². The summed E-state index contributed by atoms with van der Waals surface area (Å²) in [5, 5.41) is 0. The lowest BCUT2D eigenvalue weighted by atomic mass is 9.87. The molecule has 0 radical (unpaired) electrons. The van der Waals surface area contributed by atoms with Crippen molar-refractivity contribution in [2.45, 2.75) is 36.2 Å². The van der Waals surface area contributed by atoms with Crippen LogP contribution < -0.4 is 5.73 Å². The lowest BCUT2D eigenvalue weighted by molar-refractivity contribution is -0.0756. The van der Waals surface area contributed by atoms with Crippen molar-refractivity contribution in [1.82, 2.24) is 0 Å². The van der Waals surface area contributed by atoms with Crippen LogP contribution in [0.2, 0.25) is 0 Å². The Kier molecular flexibility index (Phi) is 1.27. The fourth-order valence-corrected chi connectivity index (χ4v) is 3.02. The normalized spacial score (nSPS) is 61.5. The number of fused-ring (bicyclic) bond motifs is 1. The molecule has 3 aliphatic rings. The van der Waals surface area contributed by atoms with Gasteiger partial charge in [-0.2, -0.15) is 12.6 Å². The quantitative estimate of drug-likeness (QED) is 0.565. The summed E-state index contributed by atoms with van der Waals surface area (Å²) >= 11 is 4.31. The predicted octanol–water partition coefficient (Wildman–Crippen LogP) is -0.0561. The molecule has 12 heavy (non-hydrogen) atoms. The first kappa shape index (κ1) is 7.62. The molecule has 3 nitrogen and oxygen atoms in total. The van der Waals surface area contributed by atoms with Crippen molar-refractivity contribution in [2.24, 2.45) is 5.73 Å². The van der Waals surface area contributed by atoms with Crippen molar-refractivity contribution in [3.63, 3.8) is 0 Å². The Morgan fingerprint density at radius 1 is 1.58 bits per heavy atom. The monoisotopic (exact) mass is 187 g/mol. The average molecular weight is 187 g/mol. The molecular formula is C8H13NO2S. The van der Waals surface area contributed by atoms with Gasteiger partial charge in [0.1, 0.15) is 5.60 Å². The molecule has 1 aliphatic carbocycles. The number of ether oxygens (including phenoxy) is 2. The van der Waals surface area contributed by atoms with E-state index >= 15 is 0 Å². The van der Waals surface area contributed by atoms with E-state index < -0.39 is 0 Å². The van der Waals surface area contributed by atoms with Gasteiger partial charge >= 0.3 is 0 Å². The van der Waals surface area contributed by atoms with Crippen LogP contribution in [-0.4, -0.2) is 35.7 Å². The lowest BCUT2D eigenvalue weighted by Crippen LogP contribution is -2.58. The second kappa shape index (κ2) is 2.00. The summed E-state index contributed by atoms with van der Waals surface area (Å²) in [6, 6.07) is 0.0428. The number of rotatable bonds is 1. The van der Waals surface area contributed by atoms with Gasteiger partial charge < -0.3 is 15.2 Å². The first-order chi connectivity index (χ1) is 5.73. The van der Waals surface area contributed by atoms with Gasteiger partial charge in [-0.25, -0.2) is 0 Å². The molecule has 1 saturated carbocycles. The fourth-order valence-electron chi connectivity index (χ4n) is 2.59. The molecule has 2 aliphatic heterocycles. The third-order valence-electron chi connectivity index (χ3n) is 3.52. The molecular weight excluding hydrogens is 174 g/mol. The Labute approximate surface area is 77.0 Å². The highest BCUT2D eigenvalue weighted by Crippen LogP contribution is 2.59. The minimum atomic E-state index is -0.176. The smallest absolute Gasteiger partial charge is 0.115 e. The van der Waals surface area contributed by atoms with E-state index in [1.54, 1.807) is 0 Å². The summed E-state index contributed by atoms with van der Waals surface area (Å²) < 4.78 is 11.6. The zero-order valence-corrected chi connectivity index (χ0v) is 7.72. The van der Waals surface area contributed by atoms with Crippen molar-refractivity contribution in [3.05, 3.63) is 0 Å². The van der Waals surface area contributed by atoms with Crippen LogP contribution in [0.5, 0.6) is 0 Å². The summed E-state index contributed by atoms with van der Waals surface area (Å²) in [4.78, 5) is 0. The third-order valence-corrected chi connectivity index (χ3v) is 4.06. The average Bonchev–Trinajstić information content (AvgIpc) is 2.69. The second-order valence-electron chi connectivity index (χ2n) is 4.06. The van der Waals surface area contributed by atoms with Gasteiger partial charge in [-0.15, -0.1) is 0 Å². The van der Waals surface area contributed by atoms with Crippen molar-refractivity contribution in [3.8, 4) is 0 Å². The number of hydrogen-bond donors (Lipinski definition) is 2. The Balaban J connectivity index is 1.99. The molecule has 3 fully saturated rings. The Morgan fingerprint density at radius 3 is 3.08 bits per heavy atom. The van der Waals surface area contributed by atoms with Crippen molar-refractivity contribution in [2.75, 3.05) is 12.4 Å².